The maximum atomic E-state index is 13.9. The molecule has 0 bridgehead atoms. The van der Waals surface area contributed by atoms with Gasteiger partial charge < -0.3 is 11.1 Å². The molecule has 1 unspecified atom stereocenters. The van der Waals surface area contributed by atoms with Gasteiger partial charge in [0.05, 0.1) is 17.7 Å². The Hall–Kier alpha value is -4.21. The monoisotopic (exact) mass is 555 g/mol. The number of benzene rings is 1. The van der Waals surface area contributed by atoms with E-state index in [4.69, 9.17) is 5.73 Å². The lowest BCUT2D eigenvalue weighted by Crippen LogP contribution is -2.45. The second kappa shape index (κ2) is 13.7. The number of rotatable bonds is 13. The number of carbonyl (C=O) groups excluding carboxylic acids is 2. The van der Waals surface area contributed by atoms with Gasteiger partial charge in [-0.3, -0.25) is 19.5 Å². The summed E-state index contributed by atoms with van der Waals surface area (Å²) in [6, 6.07) is 3.14. The number of alkyl halides is 3. The van der Waals surface area contributed by atoms with Crippen LogP contribution < -0.4 is 11.1 Å². The standard InChI is InChI=1S/C30H36F3N5O2/c1-7-10-11-23(8-2)29(15-14-20(4)5)27(40)38(28(34)37-29)19-22-12-13-25(30(31,32)33)24(16-22)26(39)36-18-21(6)17-35-9-3/h7-13,16-17,20H,2-3,6,14-15,18-19H2,1,4-5H3,(H2,34,37)(H,36,39)/b10-7-,23-11+,35-17?. The summed E-state index contributed by atoms with van der Waals surface area (Å²) in [5.41, 5.74) is 4.42. The SMILES string of the molecule is C=CN=CC(=C)CNC(=O)c1cc(CN2C(=O)C(CCC(C)C)(/C(C=C)=C/C=C\C)N=C2N)ccc1C(F)(F)F. The highest BCUT2D eigenvalue weighted by atomic mass is 19.4. The van der Waals surface area contributed by atoms with Crippen molar-refractivity contribution in [2.24, 2.45) is 21.6 Å². The molecule has 1 heterocycles. The number of nitrogens with zero attached hydrogens (tertiary/aromatic N) is 3. The molecule has 7 nitrogen and oxygen atoms in total. The van der Waals surface area contributed by atoms with Crippen molar-refractivity contribution in [1.82, 2.24) is 10.2 Å². The van der Waals surface area contributed by atoms with Gasteiger partial charge in [0, 0.05) is 19.0 Å². The van der Waals surface area contributed by atoms with E-state index in [0.29, 0.717) is 24.0 Å². The molecule has 1 aliphatic rings. The number of amides is 2. The van der Waals surface area contributed by atoms with Gasteiger partial charge in [0.25, 0.3) is 11.8 Å². The Kier molecular flexibility index (Phi) is 11.0. The number of hydrogen-bond acceptors (Lipinski definition) is 5. The van der Waals surface area contributed by atoms with Gasteiger partial charge in [-0.15, -0.1) is 0 Å². The Bertz CT molecular complexity index is 1270. The molecule has 0 saturated carbocycles. The second-order valence-electron chi connectivity index (χ2n) is 9.69. The lowest BCUT2D eigenvalue weighted by molar-refractivity contribution is -0.138. The summed E-state index contributed by atoms with van der Waals surface area (Å²) in [5.74, 6) is -1.15. The van der Waals surface area contributed by atoms with Crippen LogP contribution in [0.1, 0.15) is 55.1 Å². The number of carbonyl (C=O) groups is 2. The van der Waals surface area contributed by atoms with Gasteiger partial charge >= 0.3 is 6.18 Å². The molecule has 1 aromatic rings. The summed E-state index contributed by atoms with van der Waals surface area (Å²) in [5, 5.41) is 2.42. The van der Waals surface area contributed by atoms with E-state index in [1.165, 1.54) is 23.4 Å². The molecular formula is C30H36F3N5O2. The third-order valence-electron chi connectivity index (χ3n) is 6.24. The van der Waals surface area contributed by atoms with Crippen molar-refractivity contribution in [1.29, 1.82) is 0 Å². The van der Waals surface area contributed by atoms with Crippen molar-refractivity contribution < 1.29 is 22.8 Å². The first kappa shape index (κ1) is 32.0. The lowest BCUT2D eigenvalue weighted by atomic mass is 9.82. The maximum Gasteiger partial charge on any atom is 0.417 e. The van der Waals surface area contributed by atoms with Crippen molar-refractivity contribution in [3.8, 4) is 0 Å². The molecule has 0 fully saturated rings. The van der Waals surface area contributed by atoms with Gasteiger partial charge in [0.2, 0.25) is 0 Å². The van der Waals surface area contributed by atoms with Gasteiger partial charge in [-0.2, -0.15) is 13.2 Å². The zero-order valence-corrected chi connectivity index (χ0v) is 23.1. The van der Waals surface area contributed by atoms with Gasteiger partial charge in [0.15, 0.2) is 11.5 Å². The predicted octanol–water partition coefficient (Wildman–Crippen LogP) is 5.73. The highest BCUT2D eigenvalue weighted by molar-refractivity contribution is 6.09. The third kappa shape index (κ3) is 7.68. The number of nitrogens with two attached hydrogens (primary N) is 1. The average molecular weight is 556 g/mol. The normalized spacial score (nSPS) is 18.1. The first-order chi connectivity index (χ1) is 18.8. The van der Waals surface area contributed by atoms with Crippen LogP contribution in [0, 0.1) is 5.92 Å². The first-order valence-corrected chi connectivity index (χ1v) is 12.7. The Morgan fingerprint density at radius 3 is 2.58 bits per heavy atom. The topological polar surface area (TPSA) is 100 Å². The number of nitrogens with one attached hydrogen (secondary N) is 1. The zero-order chi connectivity index (χ0) is 30.1. The molecule has 0 spiro atoms. The van der Waals surface area contributed by atoms with Crippen LogP contribution in [0.3, 0.4) is 0 Å². The van der Waals surface area contributed by atoms with Crippen molar-refractivity contribution >= 4 is 24.0 Å². The summed E-state index contributed by atoms with van der Waals surface area (Å²) in [7, 11) is 0. The van der Waals surface area contributed by atoms with Crippen LogP contribution in [0.25, 0.3) is 0 Å². The number of allylic oxidation sites excluding steroid dienone is 3. The Labute approximate surface area is 233 Å². The molecule has 2 amide bonds. The minimum atomic E-state index is -4.78. The number of guanidine groups is 1. The Morgan fingerprint density at radius 2 is 2.00 bits per heavy atom. The van der Waals surface area contributed by atoms with E-state index in [2.05, 4.69) is 35.0 Å². The Morgan fingerprint density at radius 1 is 1.30 bits per heavy atom. The van der Waals surface area contributed by atoms with Gasteiger partial charge in [-0.25, -0.2) is 4.99 Å². The van der Waals surface area contributed by atoms with E-state index in [-0.39, 0.29) is 30.5 Å². The Balaban J connectivity index is 2.46. The summed E-state index contributed by atoms with van der Waals surface area (Å²) in [6.45, 7) is 16.6. The van der Waals surface area contributed by atoms with Gasteiger partial charge in [0.1, 0.15) is 0 Å². The molecule has 0 aliphatic carbocycles. The van der Waals surface area contributed by atoms with Crippen LogP contribution in [0.15, 0.2) is 89.6 Å². The summed E-state index contributed by atoms with van der Waals surface area (Å²) >= 11 is 0. The van der Waals surface area contributed by atoms with Crippen molar-refractivity contribution in [3.63, 3.8) is 0 Å². The quantitative estimate of drug-likeness (QED) is 0.240. The van der Waals surface area contributed by atoms with Crippen LogP contribution in [0.5, 0.6) is 0 Å². The molecule has 2 rings (SSSR count). The van der Waals surface area contributed by atoms with E-state index in [9.17, 15) is 22.8 Å². The van der Waals surface area contributed by atoms with E-state index < -0.39 is 34.7 Å². The van der Waals surface area contributed by atoms with Crippen LogP contribution in [0.2, 0.25) is 0 Å². The van der Waals surface area contributed by atoms with Crippen LogP contribution >= 0.6 is 0 Å². The van der Waals surface area contributed by atoms with Gasteiger partial charge in [-0.05, 0) is 54.5 Å². The molecule has 3 N–H and O–H groups in total. The summed E-state index contributed by atoms with van der Waals surface area (Å²) < 4.78 is 41.3. The van der Waals surface area contributed by atoms with Crippen LogP contribution in [-0.2, 0) is 17.5 Å². The fourth-order valence-electron chi connectivity index (χ4n) is 4.15. The van der Waals surface area contributed by atoms with Crippen molar-refractivity contribution in [3.05, 3.63) is 96.3 Å². The van der Waals surface area contributed by atoms with E-state index >= 15 is 0 Å². The molecule has 1 atom stereocenters. The number of hydrogen-bond donors (Lipinski definition) is 2. The fourth-order valence-corrected chi connectivity index (χ4v) is 4.15. The second-order valence-corrected chi connectivity index (χ2v) is 9.69. The molecule has 1 aliphatic heterocycles. The summed E-state index contributed by atoms with van der Waals surface area (Å²) in [6.07, 6.45) is 5.75. The largest absolute Gasteiger partial charge is 0.417 e. The highest BCUT2D eigenvalue weighted by Gasteiger charge is 2.49. The predicted molar refractivity (Wildman–Crippen MR) is 154 cm³/mol. The molecule has 214 valence electrons. The molecule has 0 saturated heterocycles. The lowest BCUT2D eigenvalue weighted by Gasteiger charge is -2.28. The van der Waals surface area contributed by atoms with Crippen molar-refractivity contribution in [2.75, 3.05) is 6.54 Å². The first-order valence-electron chi connectivity index (χ1n) is 12.7. The fraction of sp³-hybridized carbons (Fsp3) is 0.333. The molecule has 0 aromatic heterocycles. The van der Waals surface area contributed by atoms with E-state index in [0.717, 1.165) is 12.1 Å². The van der Waals surface area contributed by atoms with Crippen LogP contribution in [-0.4, -0.2) is 41.0 Å². The number of halogens is 3. The minimum Gasteiger partial charge on any atom is -0.369 e. The van der Waals surface area contributed by atoms with Crippen LogP contribution in [0.4, 0.5) is 13.2 Å². The molecule has 0 radical (unpaired) electrons. The smallest absolute Gasteiger partial charge is 0.369 e. The van der Waals surface area contributed by atoms with E-state index in [1.807, 2.05) is 20.8 Å². The molecule has 1 aromatic carbocycles. The number of aliphatic imine (C=N–C) groups is 2. The zero-order valence-electron chi connectivity index (χ0n) is 23.1. The highest BCUT2D eigenvalue weighted by Crippen LogP contribution is 2.37. The van der Waals surface area contributed by atoms with Gasteiger partial charge in [-0.1, -0.05) is 64.0 Å². The van der Waals surface area contributed by atoms with E-state index in [1.54, 1.807) is 24.3 Å². The molecule has 10 heteroatoms. The molecular weight excluding hydrogens is 519 g/mol. The maximum absolute atomic E-state index is 13.9. The van der Waals surface area contributed by atoms with Crippen molar-refractivity contribution in [2.45, 2.75) is 51.9 Å². The average Bonchev–Trinajstić information content (AvgIpc) is 3.14. The third-order valence-corrected chi connectivity index (χ3v) is 6.24. The molecule has 40 heavy (non-hydrogen) atoms. The summed E-state index contributed by atoms with van der Waals surface area (Å²) in [4.78, 5) is 36.2. The minimum absolute atomic E-state index is 0.0642.